The molecule has 0 saturated heterocycles. The van der Waals surface area contributed by atoms with E-state index < -0.39 is 11.9 Å². The second kappa shape index (κ2) is 12.8. The average molecular weight is 294 g/mol. The summed E-state index contributed by atoms with van der Waals surface area (Å²) < 4.78 is 4.66. The zero-order valence-electron chi connectivity index (χ0n) is 10.8. The molecule has 0 unspecified atom stereocenters. The molecule has 0 heterocycles. The molecule has 0 N–H and O–H groups in total. The van der Waals surface area contributed by atoms with E-state index in [9.17, 15) is 9.59 Å². The van der Waals surface area contributed by atoms with Crippen molar-refractivity contribution in [1.29, 1.82) is 0 Å². The van der Waals surface area contributed by atoms with Crippen molar-refractivity contribution >= 4 is 77.1 Å². The van der Waals surface area contributed by atoms with Gasteiger partial charge in [0.05, 0.1) is 0 Å². The first-order chi connectivity index (χ1) is 8.58. The van der Waals surface area contributed by atoms with Crippen molar-refractivity contribution < 1.29 is 14.3 Å². The van der Waals surface area contributed by atoms with Crippen LogP contribution in [0.15, 0.2) is 36.4 Å². The SMILES string of the molecule is CC(C)CCC(=O)OC(=O)/C=C/c1ccccc1.[NaH].[NaH]. The van der Waals surface area contributed by atoms with E-state index >= 15 is 0 Å². The van der Waals surface area contributed by atoms with Crippen LogP contribution in [0.2, 0.25) is 0 Å². The number of rotatable bonds is 5. The minimum absolute atomic E-state index is 0. The van der Waals surface area contributed by atoms with Gasteiger partial charge in [-0.05, 0) is 24.0 Å². The zero-order chi connectivity index (χ0) is 13.4. The van der Waals surface area contributed by atoms with Crippen LogP contribution in [0.5, 0.6) is 0 Å². The molecule has 0 aliphatic heterocycles. The van der Waals surface area contributed by atoms with Crippen LogP contribution >= 0.6 is 0 Å². The fourth-order valence-corrected chi connectivity index (χ4v) is 1.33. The van der Waals surface area contributed by atoms with Crippen LogP contribution in [0.1, 0.15) is 32.3 Å². The van der Waals surface area contributed by atoms with Gasteiger partial charge < -0.3 is 4.74 Å². The van der Waals surface area contributed by atoms with Crippen molar-refractivity contribution in [2.24, 2.45) is 5.92 Å². The van der Waals surface area contributed by atoms with E-state index in [4.69, 9.17) is 0 Å². The van der Waals surface area contributed by atoms with Gasteiger partial charge in [-0.25, -0.2) is 4.79 Å². The van der Waals surface area contributed by atoms with Crippen molar-refractivity contribution in [3.8, 4) is 0 Å². The molecule has 0 saturated carbocycles. The standard InChI is InChI=1S/C15H18O3.2Na.2H/c1-12(2)8-10-14(16)18-15(17)11-9-13-6-4-3-5-7-13;;;;/h3-7,9,11-12H,8,10H2,1-2H3;;;;/b11-9+;;;;. The van der Waals surface area contributed by atoms with Crippen molar-refractivity contribution in [3.05, 3.63) is 42.0 Å². The van der Waals surface area contributed by atoms with Crippen LogP contribution in [0.4, 0.5) is 0 Å². The van der Waals surface area contributed by atoms with Crippen molar-refractivity contribution in [3.63, 3.8) is 0 Å². The minimum atomic E-state index is -0.618. The van der Waals surface area contributed by atoms with Gasteiger partial charge in [0.1, 0.15) is 0 Å². The van der Waals surface area contributed by atoms with Gasteiger partial charge in [-0.2, -0.15) is 0 Å². The van der Waals surface area contributed by atoms with Crippen LogP contribution in [-0.2, 0) is 14.3 Å². The van der Waals surface area contributed by atoms with Crippen molar-refractivity contribution in [2.45, 2.75) is 26.7 Å². The van der Waals surface area contributed by atoms with Gasteiger partial charge in [0.2, 0.25) is 0 Å². The summed E-state index contributed by atoms with van der Waals surface area (Å²) in [6.45, 7) is 4.04. The van der Waals surface area contributed by atoms with E-state index in [1.165, 1.54) is 6.08 Å². The van der Waals surface area contributed by atoms with E-state index in [1.54, 1.807) is 6.08 Å². The number of hydrogen-bond acceptors (Lipinski definition) is 3. The Morgan fingerprint density at radius 1 is 1.15 bits per heavy atom. The Kier molecular flexibility index (Phi) is 14.3. The molecule has 0 bridgehead atoms. The van der Waals surface area contributed by atoms with E-state index in [-0.39, 0.29) is 65.5 Å². The third kappa shape index (κ3) is 10.8. The van der Waals surface area contributed by atoms with Crippen molar-refractivity contribution in [2.75, 3.05) is 0 Å². The predicted octanol–water partition coefficient (Wildman–Crippen LogP) is 1.91. The van der Waals surface area contributed by atoms with Gasteiger partial charge in [0.25, 0.3) is 0 Å². The first-order valence-corrected chi connectivity index (χ1v) is 6.05. The average Bonchev–Trinajstić information content (AvgIpc) is 2.35. The molecule has 0 spiro atoms. The number of hydrogen-bond donors (Lipinski definition) is 0. The molecule has 0 fully saturated rings. The van der Waals surface area contributed by atoms with E-state index in [1.807, 2.05) is 44.2 Å². The molecule has 0 atom stereocenters. The number of carbonyl (C=O) groups excluding carboxylic acids is 2. The molecule has 0 aliphatic rings. The van der Waals surface area contributed by atoms with Crippen LogP contribution < -0.4 is 0 Å². The Bertz CT molecular complexity index is 428. The molecule has 3 nitrogen and oxygen atoms in total. The molecule has 5 heteroatoms. The van der Waals surface area contributed by atoms with Gasteiger partial charge in [0.15, 0.2) is 0 Å². The molecule has 0 amide bonds. The second-order valence-electron chi connectivity index (χ2n) is 4.47. The molecule has 20 heavy (non-hydrogen) atoms. The van der Waals surface area contributed by atoms with Gasteiger partial charge >= 0.3 is 71.1 Å². The summed E-state index contributed by atoms with van der Waals surface area (Å²) in [6, 6.07) is 9.37. The molecule has 1 aromatic rings. The molecule has 0 radical (unpaired) electrons. The molecular weight excluding hydrogens is 274 g/mol. The fourth-order valence-electron chi connectivity index (χ4n) is 1.33. The Morgan fingerprint density at radius 3 is 2.30 bits per heavy atom. The van der Waals surface area contributed by atoms with Gasteiger partial charge in [-0.1, -0.05) is 44.2 Å². The second-order valence-corrected chi connectivity index (χ2v) is 4.47. The summed E-state index contributed by atoms with van der Waals surface area (Å²) in [6.07, 6.45) is 3.90. The van der Waals surface area contributed by atoms with Crippen molar-refractivity contribution in [1.82, 2.24) is 0 Å². The monoisotopic (exact) mass is 294 g/mol. The Balaban J connectivity index is 0. The molecule has 0 aromatic heterocycles. The van der Waals surface area contributed by atoms with Crippen LogP contribution in [0.3, 0.4) is 0 Å². The van der Waals surface area contributed by atoms with E-state index in [0.717, 1.165) is 12.0 Å². The molecule has 100 valence electrons. The van der Waals surface area contributed by atoms with Crippen LogP contribution in [0.25, 0.3) is 6.08 Å². The van der Waals surface area contributed by atoms with Crippen LogP contribution in [-0.4, -0.2) is 71.1 Å². The maximum absolute atomic E-state index is 11.3. The summed E-state index contributed by atoms with van der Waals surface area (Å²) in [5.41, 5.74) is 0.893. The fraction of sp³-hybridized carbons (Fsp3) is 0.333. The molecule has 0 aliphatic carbocycles. The van der Waals surface area contributed by atoms with Gasteiger partial charge in [0, 0.05) is 12.5 Å². The Morgan fingerprint density at radius 2 is 1.75 bits per heavy atom. The number of benzene rings is 1. The zero-order valence-corrected chi connectivity index (χ0v) is 10.8. The van der Waals surface area contributed by atoms with Crippen LogP contribution in [0, 0.1) is 5.92 Å². The Hall–Kier alpha value is 0.100. The third-order valence-electron chi connectivity index (χ3n) is 2.35. The van der Waals surface area contributed by atoms with Gasteiger partial charge in [-0.15, -0.1) is 0 Å². The summed E-state index contributed by atoms with van der Waals surface area (Å²) >= 11 is 0. The first kappa shape index (κ1) is 22.4. The third-order valence-corrected chi connectivity index (χ3v) is 2.35. The first-order valence-electron chi connectivity index (χ1n) is 6.05. The molecule has 1 rings (SSSR count). The van der Waals surface area contributed by atoms with Gasteiger partial charge in [-0.3, -0.25) is 4.79 Å². The Labute approximate surface area is 164 Å². The van der Waals surface area contributed by atoms with E-state index in [2.05, 4.69) is 4.74 Å². The normalized spacial score (nSPS) is 9.75. The number of esters is 2. The molecule has 1 aromatic carbocycles. The summed E-state index contributed by atoms with van der Waals surface area (Å²) in [5.74, 6) is -0.661. The number of ether oxygens (including phenoxy) is 1. The predicted molar refractivity (Wildman–Crippen MR) is 84.9 cm³/mol. The van der Waals surface area contributed by atoms with E-state index in [0.29, 0.717) is 5.92 Å². The number of carbonyl (C=O) groups is 2. The molecular formula is C15H20Na2O3. The summed E-state index contributed by atoms with van der Waals surface area (Å²) in [7, 11) is 0. The summed E-state index contributed by atoms with van der Waals surface area (Å²) in [4.78, 5) is 22.6. The summed E-state index contributed by atoms with van der Waals surface area (Å²) in [5, 5.41) is 0. The topological polar surface area (TPSA) is 43.4 Å². The quantitative estimate of drug-likeness (QED) is 0.360. The maximum atomic E-state index is 11.3.